The first-order valence-corrected chi connectivity index (χ1v) is 8.17. The zero-order valence-electron chi connectivity index (χ0n) is 13.4. The fourth-order valence-corrected chi connectivity index (χ4v) is 3.24. The Balaban J connectivity index is 1.80. The van der Waals surface area contributed by atoms with Gasteiger partial charge < -0.3 is 10.5 Å². The molecule has 1 aromatic carbocycles. The molecule has 1 aromatic heterocycles. The van der Waals surface area contributed by atoms with Crippen LogP contribution in [0.2, 0.25) is 0 Å². The van der Waals surface area contributed by atoms with Crippen LogP contribution in [0.3, 0.4) is 0 Å². The number of carbonyl (C=O) groups excluding carboxylic acids is 1. The van der Waals surface area contributed by atoms with E-state index in [0.717, 1.165) is 35.6 Å². The van der Waals surface area contributed by atoms with E-state index in [1.54, 1.807) is 0 Å². The van der Waals surface area contributed by atoms with E-state index in [4.69, 9.17) is 10.5 Å². The Morgan fingerprint density at radius 1 is 1.35 bits per heavy atom. The maximum Gasteiger partial charge on any atom is 0.306 e. The Morgan fingerprint density at radius 3 is 2.83 bits per heavy atom. The molecule has 120 valence electrons. The highest BCUT2D eigenvalue weighted by Gasteiger charge is 2.20. The molecule has 0 fully saturated rings. The Hall–Kier alpha value is -2.36. The molecule has 1 heterocycles. The number of fused-ring (bicyclic) bond motifs is 1. The van der Waals surface area contributed by atoms with Gasteiger partial charge in [0.05, 0.1) is 6.61 Å². The van der Waals surface area contributed by atoms with Gasteiger partial charge in [-0.15, -0.1) is 0 Å². The summed E-state index contributed by atoms with van der Waals surface area (Å²) in [6, 6.07) is 8.11. The third-order valence-corrected chi connectivity index (χ3v) is 4.45. The third-order valence-electron chi connectivity index (χ3n) is 4.45. The maximum absolute atomic E-state index is 11.6. The quantitative estimate of drug-likeness (QED) is 0.868. The number of allylic oxidation sites excluding steroid dienone is 2. The number of nitrogens with two attached hydrogens (primary N) is 1. The topological polar surface area (TPSA) is 65.2 Å². The Labute approximate surface area is 136 Å². The van der Waals surface area contributed by atoms with Gasteiger partial charge in [-0.05, 0) is 43.1 Å². The van der Waals surface area contributed by atoms with Gasteiger partial charge in [-0.3, -0.25) is 4.79 Å². The molecule has 0 aliphatic heterocycles. The van der Waals surface area contributed by atoms with Crippen molar-refractivity contribution in [2.75, 3.05) is 12.3 Å². The number of nitrogens with zero attached hydrogens (tertiary/aromatic N) is 1. The molecule has 0 radical (unpaired) electrons. The lowest BCUT2D eigenvalue weighted by Gasteiger charge is -2.22. The van der Waals surface area contributed by atoms with Crippen molar-refractivity contribution in [3.63, 3.8) is 0 Å². The summed E-state index contributed by atoms with van der Waals surface area (Å²) < 4.78 is 5.04. The Bertz CT molecular complexity index is 752. The molecule has 1 aliphatic carbocycles. The van der Waals surface area contributed by atoms with Crippen molar-refractivity contribution in [3.05, 3.63) is 42.1 Å². The van der Waals surface area contributed by atoms with Crippen LogP contribution in [0, 0.1) is 5.92 Å². The van der Waals surface area contributed by atoms with E-state index < -0.39 is 0 Å². The molecule has 0 saturated heterocycles. The van der Waals surface area contributed by atoms with Crippen LogP contribution in [0.1, 0.15) is 38.2 Å². The second-order valence-corrected chi connectivity index (χ2v) is 5.98. The molecule has 0 amide bonds. The van der Waals surface area contributed by atoms with Crippen molar-refractivity contribution in [2.45, 2.75) is 32.6 Å². The molecule has 2 aromatic rings. The minimum Gasteiger partial charge on any atom is -0.466 e. The van der Waals surface area contributed by atoms with Gasteiger partial charge in [0.1, 0.15) is 5.82 Å². The number of ether oxygens (including phenoxy) is 1. The lowest BCUT2D eigenvalue weighted by atomic mass is 9.84. The van der Waals surface area contributed by atoms with Gasteiger partial charge >= 0.3 is 5.97 Å². The van der Waals surface area contributed by atoms with Gasteiger partial charge in [-0.2, -0.15) is 0 Å². The predicted octanol–water partition coefficient (Wildman–Crippen LogP) is 3.95. The standard InChI is InChI=1S/C19H22N2O2/c1-2-23-18(22)11-13-7-9-14(10-8-13)17-12-21-19(20)16-6-4-3-5-15(16)17/h3-6,9,12-13H,2,7-8,10-11H2,1H3,(H2,20,21). The molecular weight excluding hydrogens is 288 g/mol. The fourth-order valence-electron chi connectivity index (χ4n) is 3.24. The summed E-state index contributed by atoms with van der Waals surface area (Å²) >= 11 is 0. The molecule has 23 heavy (non-hydrogen) atoms. The van der Waals surface area contributed by atoms with Crippen LogP contribution in [0.15, 0.2) is 36.5 Å². The van der Waals surface area contributed by atoms with Crippen molar-refractivity contribution >= 4 is 28.1 Å². The van der Waals surface area contributed by atoms with E-state index in [2.05, 4.69) is 17.1 Å². The molecular formula is C19H22N2O2. The summed E-state index contributed by atoms with van der Waals surface area (Å²) in [6.45, 7) is 2.30. The molecule has 4 nitrogen and oxygen atoms in total. The van der Waals surface area contributed by atoms with Gasteiger partial charge in [0.25, 0.3) is 0 Å². The zero-order chi connectivity index (χ0) is 16.2. The number of benzene rings is 1. The Morgan fingerprint density at radius 2 is 2.13 bits per heavy atom. The number of anilines is 1. The number of pyridine rings is 1. The summed E-state index contributed by atoms with van der Waals surface area (Å²) in [5.74, 6) is 0.862. The summed E-state index contributed by atoms with van der Waals surface area (Å²) in [6.07, 6.45) is 7.50. The van der Waals surface area contributed by atoms with E-state index in [1.165, 1.54) is 5.57 Å². The number of hydrogen-bond acceptors (Lipinski definition) is 4. The number of hydrogen-bond donors (Lipinski definition) is 1. The highest BCUT2D eigenvalue weighted by molar-refractivity contribution is 5.98. The molecule has 0 bridgehead atoms. The van der Waals surface area contributed by atoms with Crippen LogP contribution in [0.5, 0.6) is 0 Å². The van der Waals surface area contributed by atoms with E-state index in [1.807, 2.05) is 31.3 Å². The Kier molecular flexibility index (Phi) is 4.60. The van der Waals surface area contributed by atoms with Crippen LogP contribution in [0.25, 0.3) is 16.3 Å². The van der Waals surface area contributed by atoms with Crippen LogP contribution < -0.4 is 5.73 Å². The SMILES string of the molecule is CCOC(=O)CC1CC=C(c2cnc(N)c3ccccc23)CC1. The predicted molar refractivity (Wildman–Crippen MR) is 92.7 cm³/mol. The largest absolute Gasteiger partial charge is 0.466 e. The number of nitrogen functional groups attached to an aromatic ring is 1. The number of esters is 1. The summed E-state index contributed by atoms with van der Waals surface area (Å²) in [5, 5.41) is 2.15. The van der Waals surface area contributed by atoms with Gasteiger partial charge in [0, 0.05) is 23.6 Å². The summed E-state index contributed by atoms with van der Waals surface area (Å²) in [5.41, 5.74) is 8.43. The minimum absolute atomic E-state index is 0.0889. The molecule has 1 unspecified atom stereocenters. The first-order valence-electron chi connectivity index (χ1n) is 8.17. The molecule has 1 atom stereocenters. The summed E-state index contributed by atoms with van der Waals surface area (Å²) in [4.78, 5) is 15.9. The first kappa shape index (κ1) is 15.5. The first-order chi connectivity index (χ1) is 11.2. The maximum atomic E-state index is 11.6. The van der Waals surface area contributed by atoms with Gasteiger partial charge in [0.15, 0.2) is 0 Å². The molecule has 3 rings (SSSR count). The second kappa shape index (κ2) is 6.82. The van der Waals surface area contributed by atoms with E-state index >= 15 is 0 Å². The molecule has 1 aliphatic rings. The third kappa shape index (κ3) is 3.36. The lowest BCUT2D eigenvalue weighted by molar-refractivity contribution is -0.144. The van der Waals surface area contributed by atoms with Crippen LogP contribution in [-0.4, -0.2) is 17.6 Å². The minimum atomic E-state index is -0.0889. The van der Waals surface area contributed by atoms with E-state index in [9.17, 15) is 4.79 Å². The lowest BCUT2D eigenvalue weighted by Crippen LogP contribution is -2.13. The van der Waals surface area contributed by atoms with Gasteiger partial charge in [-0.25, -0.2) is 4.98 Å². The van der Waals surface area contributed by atoms with E-state index in [0.29, 0.717) is 24.8 Å². The van der Waals surface area contributed by atoms with Crippen molar-refractivity contribution in [2.24, 2.45) is 5.92 Å². The van der Waals surface area contributed by atoms with Crippen molar-refractivity contribution in [1.29, 1.82) is 0 Å². The molecule has 0 spiro atoms. The molecule has 0 saturated carbocycles. The van der Waals surface area contributed by atoms with Crippen molar-refractivity contribution in [3.8, 4) is 0 Å². The zero-order valence-corrected chi connectivity index (χ0v) is 13.4. The normalized spacial score (nSPS) is 17.8. The average Bonchev–Trinajstić information content (AvgIpc) is 2.57. The average molecular weight is 310 g/mol. The molecule has 2 N–H and O–H groups in total. The van der Waals surface area contributed by atoms with Gasteiger partial charge in [-0.1, -0.05) is 30.3 Å². The number of carbonyl (C=O) groups is 1. The fraction of sp³-hybridized carbons (Fsp3) is 0.368. The monoisotopic (exact) mass is 310 g/mol. The smallest absolute Gasteiger partial charge is 0.306 e. The van der Waals surface area contributed by atoms with Crippen LogP contribution in [0.4, 0.5) is 5.82 Å². The number of aromatic nitrogens is 1. The van der Waals surface area contributed by atoms with Crippen LogP contribution >= 0.6 is 0 Å². The van der Waals surface area contributed by atoms with E-state index in [-0.39, 0.29) is 5.97 Å². The van der Waals surface area contributed by atoms with Crippen LogP contribution in [-0.2, 0) is 9.53 Å². The van der Waals surface area contributed by atoms with Gasteiger partial charge in [0.2, 0.25) is 0 Å². The number of rotatable bonds is 4. The van der Waals surface area contributed by atoms with Crippen molar-refractivity contribution in [1.82, 2.24) is 4.98 Å². The highest BCUT2D eigenvalue weighted by Crippen LogP contribution is 2.35. The molecule has 4 heteroatoms. The summed E-state index contributed by atoms with van der Waals surface area (Å²) in [7, 11) is 0. The highest BCUT2D eigenvalue weighted by atomic mass is 16.5. The second-order valence-electron chi connectivity index (χ2n) is 5.98. The van der Waals surface area contributed by atoms with Crippen molar-refractivity contribution < 1.29 is 9.53 Å².